The first-order valence-electron chi connectivity index (χ1n) is 3.31. The molecule has 0 fully saturated rings. The first-order valence-corrected chi connectivity index (χ1v) is 4.10. The molecule has 1 aromatic rings. The number of aromatic nitrogens is 1. The van der Waals surface area contributed by atoms with Crippen LogP contribution in [0, 0.1) is 0 Å². The summed E-state index contributed by atoms with van der Waals surface area (Å²) in [6.45, 7) is 0.448. The quantitative estimate of drug-likeness (QED) is 0.778. The number of hydrogen-bond donors (Lipinski definition) is 2. The minimum atomic E-state index is -0.101. The molecule has 5 heteroatoms. The van der Waals surface area contributed by atoms with E-state index in [4.69, 9.17) is 11.5 Å². The third kappa shape index (κ3) is 3.06. The molecule has 0 radical (unpaired) electrons. The van der Waals surface area contributed by atoms with Crippen LogP contribution in [-0.4, -0.2) is 11.5 Å². The third-order valence-electron chi connectivity index (χ3n) is 1.43. The molecule has 1 rings (SSSR count). The molecule has 1 atom stereocenters. The molecule has 0 aliphatic heterocycles. The van der Waals surface area contributed by atoms with E-state index in [1.165, 1.54) is 0 Å². The van der Waals surface area contributed by atoms with Gasteiger partial charge in [0.05, 0.1) is 0 Å². The van der Waals surface area contributed by atoms with Crippen molar-refractivity contribution in [2.24, 2.45) is 11.5 Å². The highest BCUT2D eigenvalue weighted by Crippen LogP contribution is 2.10. The average molecular weight is 253 g/mol. The van der Waals surface area contributed by atoms with E-state index in [2.05, 4.69) is 20.9 Å². The van der Waals surface area contributed by atoms with Gasteiger partial charge in [-0.1, -0.05) is 6.07 Å². The van der Waals surface area contributed by atoms with Gasteiger partial charge >= 0.3 is 0 Å². The highest BCUT2D eigenvalue weighted by molar-refractivity contribution is 9.10. The van der Waals surface area contributed by atoms with Crippen LogP contribution in [0.3, 0.4) is 0 Å². The Hall–Kier alpha value is -0.160. The zero-order chi connectivity index (χ0) is 8.27. The van der Waals surface area contributed by atoms with E-state index in [1.54, 1.807) is 6.20 Å². The zero-order valence-electron chi connectivity index (χ0n) is 6.40. The largest absolute Gasteiger partial charge is 0.329 e. The van der Waals surface area contributed by atoms with Crippen LogP contribution in [-0.2, 0) is 0 Å². The van der Waals surface area contributed by atoms with Crippen LogP contribution in [0.2, 0.25) is 0 Å². The normalized spacial score (nSPS) is 11.9. The van der Waals surface area contributed by atoms with Crippen LogP contribution in [0.15, 0.2) is 22.9 Å². The Kier molecular flexibility index (Phi) is 5.41. The Morgan fingerprint density at radius 3 is 2.58 bits per heavy atom. The van der Waals surface area contributed by atoms with Crippen LogP contribution in [0.5, 0.6) is 0 Å². The molecule has 3 nitrogen and oxygen atoms in total. The van der Waals surface area contributed by atoms with E-state index in [9.17, 15) is 0 Å². The Morgan fingerprint density at radius 2 is 2.17 bits per heavy atom. The fraction of sp³-hybridized carbons (Fsp3) is 0.286. The number of rotatable bonds is 2. The molecule has 0 amide bonds. The number of hydrogen-bond acceptors (Lipinski definition) is 3. The second kappa shape index (κ2) is 5.48. The number of pyridine rings is 1. The molecule has 1 aromatic heterocycles. The lowest BCUT2D eigenvalue weighted by Gasteiger charge is -2.07. The molecule has 1 heterocycles. The molecule has 4 N–H and O–H groups in total. The standard InChI is InChI=1S/C7H10BrN3.ClH/c8-7-2-1-5(4-11-7)6(10)3-9;/h1-2,4,6H,3,9-10H2;1H/t6-;/m1./s1. The summed E-state index contributed by atoms with van der Waals surface area (Å²) in [6, 6.07) is 3.66. The number of nitrogens with two attached hydrogens (primary N) is 2. The lowest BCUT2D eigenvalue weighted by Crippen LogP contribution is -2.20. The smallest absolute Gasteiger partial charge is 0.106 e. The lowest BCUT2D eigenvalue weighted by molar-refractivity contribution is 0.732. The summed E-state index contributed by atoms with van der Waals surface area (Å²) in [4.78, 5) is 4.03. The fourth-order valence-corrected chi connectivity index (χ4v) is 0.977. The summed E-state index contributed by atoms with van der Waals surface area (Å²) in [5.74, 6) is 0. The van der Waals surface area contributed by atoms with Crippen molar-refractivity contribution in [3.63, 3.8) is 0 Å². The summed E-state index contributed by atoms with van der Waals surface area (Å²) in [5, 5.41) is 0. The second-order valence-corrected chi connectivity index (χ2v) is 3.07. The number of halogens is 2. The van der Waals surface area contributed by atoms with E-state index in [0.717, 1.165) is 10.2 Å². The van der Waals surface area contributed by atoms with Crippen molar-refractivity contribution in [2.45, 2.75) is 6.04 Å². The van der Waals surface area contributed by atoms with Crippen molar-refractivity contribution in [1.29, 1.82) is 0 Å². The summed E-state index contributed by atoms with van der Waals surface area (Å²) in [5.41, 5.74) is 12.0. The van der Waals surface area contributed by atoms with Gasteiger partial charge in [0.25, 0.3) is 0 Å². The van der Waals surface area contributed by atoms with Gasteiger partial charge in [-0.15, -0.1) is 12.4 Å². The van der Waals surface area contributed by atoms with Gasteiger partial charge in [0.1, 0.15) is 4.60 Å². The molecule has 0 spiro atoms. The summed E-state index contributed by atoms with van der Waals surface area (Å²) in [6.07, 6.45) is 1.72. The van der Waals surface area contributed by atoms with Gasteiger partial charge in [-0.3, -0.25) is 0 Å². The maximum absolute atomic E-state index is 5.66. The van der Waals surface area contributed by atoms with E-state index < -0.39 is 0 Å². The summed E-state index contributed by atoms with van der Waals surface area (Å²) in [7, 11) is 0. The first-order chi connectivity index (χ1) is 5.24. The maximum atomic E-state index is 5.66. The van der Waals surface area contributed by atoms with Gasteiger partial charge < -0.3 is 11.5 Å². The summed E-state index contributed by atoms with van der Waals surface area (Å²) >= 11 is 3.23. The molecule has 0 saturated carbocycles. The zero-order valence-corrected chi connectivity index (χ0v) is 8.81. The predicted molar refractivity (Wildman–Crippen MR) is 55.2 cm³/mol. The molecule has 0 saturated heterocycles. The van der Waals surface area contributed by atoms with Gasteiger partial charge in [0.15, 0.2) is 0 Å². The SMILES string of the molecule is Cl.NC[C@@H](N)c1ccc(Br)nc1. The Labute approximate surface area is 86.1 Å². The van der Waals surface area contributed by atoms with Crippen LogP contribution in [0.25, 0.3) is 0 Å². The van der Waals surface area contributed by atoms with Gasteiger partial charge in [0, 0.05) is 18.8 Å². The van der Waals surface area contributed by atoms with E-state index in [1.807, 2.05) is 12.1 Å². The molecule has 0 aliphatic rings. The fourth-order valence-electron chi connectivity index (χ4n) is 0.743. The first kappa shape index (κ1) is 11.8. The van der Waals surface area contributed by atoms with Crippen molar-refractivity contribution in [2.75, 3.05) is 6.54 Å². The average Bonchev–Trinajstić information content (AvgIpc) is 2.05. The Bertz CT molecular complexity index is 227. The molecular weight excluding hydrogens is 241 g/mol. The maximum Gasteiger partial charge on any atom is 0.106 e. The van der Waals surface area contributed by atoms with Crippen molar-refractivity contribution >= 4 is 28.3 Å². The van der Waals surface area contributed by atoms with Gasteiger partial charge in [0.2, 0.25) is 0 Å². The van der Waals surface area contributed by atoms with Crippen molar-refractivity contribution in [1.82, 2.24) is 4.98 Å². The van der Waals surface area contributed by atoms with Crippen molar-refractivity contribution in [3.8, 4) is 0 Å². The van der Waals surface area contributed by atoms with E-state index in [0.29, 0.717) is 6.54 Å². The Morgan fingerprint density at radius 1 is 1.50 bits per heavy atom. The van der Waals surface area contributed by atoms with Crippen LogP contribution in [0.1, 0.15) is 11.6 Å². The molecule has 0 aromatic carbocycles. The third-order valence-corrected chi connectivity index (χ3v) is 1.90. The second-order valence-electron chi connectivity index (χ2n) is 2.26. The van der Waals surface area contributed by atoms with Crippen molar-refractivity contribution < 1.29 is 0 Å². The van der Waals surface area contributed by atoms with E-state index in [-0.39, 0.29) is 18.4 Å². The van der Waals surface area contributed by atoms with Crippen LogP contribution >= 0.6 is 28.3 Å². The molecule has 0 unspecified atom stereocenters. The van der Waals surface area contributed by atoms with Crippen LogP contribution in [0.4, 0.5) is 0 Å². The minimum absolute atomic E-state index is 0. The summed E-state index contributed by atoms with van der Waals surface area (Å²) < 4.78 is 0.811. The Balaban J connectivity index is 0.00000121. The van der Waals surface area contributed by atoms with Crippen molar-refractivity contribution in [3.05, 3.63) is 28.5 Å². The van der Waals surface area contributed by atoms with Gasteiger partial charge in [-0.25, -0.2) is 4.98 Å². The monoisotopic (exact) mass is 251 g/mol. The lowest BCUT2D eigenvalue weighted by atomic mass is 10.1. The molecular formula is C7H11BrClN3. The molecule has 0 bridgehead atoms. The molecule has 0 aliphatic carbocycles. The van der Waals surface area contributed by atoms with Gasteiger partial charge in [-0.2, -0.15) is 0 Å². The van der Waals surface area contributed by atoms with Crippen LogP contribution < -0.4 is 11.5 Å². The molecule has 12 heavy (non-hydrogen) atoms. The predicted octanol–water partition coefficient (Wildman–Crippen LogP) is 1.22. The molecule has 68 valence electrons. The van der Waals surface area contributed by atoms with E-state index >= 15 is 0 Å². The highest BCUT2D eigenvalue weighted by atomic mass is 79.9. The minimum Gasteiger partial charge on any atom is -0.329 e. The topological polar surface area (TPSA) is 64.9 Å². The van der Waals surface area contributed by atoms with Gasteiger partial charge in [-0.05, 0) is 27.6 Å². The highest BCUT2D eigenvalue weighted by Gasteiger charge is 2.02. The number of nitrogens with zero attached hydrogens (tertiary/aromatic N) is 1.